The Morgan fingerprint density at radius 3 is 2.94 bits per heavy atom. The van der Waals surface area contributed by atoms with E-state index in [1.807, 2.05) is 29.9 Å². The fourth-order valence-corrected chi connectivity index (χ4v) is 1.61. The summed E-state index contributed by atoms with van der Waals surface area (Å²) >= 11 is 0. The van der Waals surface area contributed by atoms with E-state index >= 15 is 0 Å². The van der Waals surface area contributed by atoms with Gasteiger partial charge in [-0.25, -0.2) is 4.98 Å². The molecule has 1 aromatic carbocycles. The van der Waals surface area contributed by atoms with Crippen LogP contribution in [0.25, 0.3) is 0 Å². The lowest BCUT2D eigenvalue weighted by Crippen LogP contribution is -2.08. The van der Waals surface area contributed by atoms with Crippen LogP contribution in [0, 0.1) is 0 Å². The van der Waals surface area contributed by atoms with Crippen molar-refractivity contribution < 1.29 is 9.53 Å². The minimum atomic E-state index is 0.0400. The van der Waals surface area contributed by atoms with Crippen molar-refractivity contribution in [3.8, 4) is 5.75 Å². The molecule has 1 aromatic heterocycles. The van der Waals surface area contributed by atoms with Gasteiger partial charge in [-0.1, -0.05) is 12.1 Å². The van der Waals surface area contributed by atoms with E-state index < -0.39 is 0 Å². The first-order chi connectivity index (χ1) is 8.20. The first kappa shape index (κ1) is 11.4. The zero-order valence-electron chi connectivity index (χ0n) is 9.88. The summed E-state index contributed by atoms with van der Waals surface area (Å²) in [4.78, 5) is 16.2. The number of imidazole rings is 1. The molecule has 2 rings (SSSR count). The maximum absolute atomic E-state index is 12.0. The van der Waals surface area contributed by atoms with Crippen LogP contribution in [0.15, 0.2) is 36.7 Å². The van der Waals surface area contributed by atoms with Crippen molar-refractivity contribution in [2.45, 2.75) is 6.42 Å². The number of nitrogens with zero attached hydrogens (tertiary/aromatic N) is 2. The molecule has 0 N–H and O–H groups in total. The maximum atomic E-state index is 12.0. The second-order valence-electron chi connectivity index (χ2n) is 3.79. The second kappa shape index (κ2) is 4.82. The van der Waals surface area contributed by atoms with Crippen molar-refractivity contribution >= 4 is 5.78 Å². The van der Waals surface area contributed by atoms with Crippen molar-refractivity contribution in [1.29, 1.82) is 0 Å². The van der Waals surface area contributed by atoms with E-state index in [1.54, 1.807) is 25.4 Å². The number of Topliss-reactive ketones (excluding diaryl/α,β-unsaturated/α-hetero) is 1. The molecule has 0 amide bonds. The van der Waals surface area contributed by atoms with Crippen LogP contribution < -0.4 is 4.74 Å². The van der Waals surface area contributed by atoms with Crippen LogP contribution in [0.3, 0.4) is 0 Å². The first-order valence-electron chi connectivity index (χ1n) is 5.34. The van der Waals surface area contributed by atoms with Gasteiger partial charge in [0.05, 0.1) is 13.5 Å². The fourth-order valence-electron chi connectivity index (χ4n) is 1.61. The Hall–Kier alpha value is -2.10. The van der Waals surface area contributed by atoms with Crippen molar-refractivity contribution in [1.82, 2.24) is 9.55 Å². The summed E-state index contributed by atoms with van der Waals surface area (Å²) in [6.07, 6.45) is 3.82. The lowest BCUT2D eigenvalue weighted by Gasteiger charge is -2.04. The first-order valence-corrected chi connectivity index (χ1v) is 5.34. The largest absolute Gasteiger partial charge is 0.497 e. The predicted octanol–water partition coefficient (Wildman–Crippen LogP) is 1.85. The maximum Gasteiger partial charge on any atom is 0.170 e. The van der Waals surface area contributed by atoms with Crippen molar-refractivity contribution in [3.63, 3.8) is 0 Å². The molecule has 1 heterocycles. The van der Waals surface area contributed by atoms with Gasteiger partial charge in [-0.2, -0.15) is 0 Å². The molecule has 0 atom stereocenters. The molecule has 0 fully saturated rings. The van der Waals surface area contributed by atoms with Crippen LogP contribution in [0.1, 0.15) is 16.2 Å². The molecule has 4 heteroatoms. The van der Waals surface area contributed by atoms with Crippen molar-refractivity contribution in [2.24, 2.45) is 7.05 Å². The Balaban J connectivity index is 2.17. The number of aromatic nitrogens is 2. The van der Waals surface area contributed by atoms with Crippen LogP contribution in [-0.4, -0.2) is 22.4 Å². The minimum absolute atomic E-state index is 0.0400. The summed E-state index contributed by atoms with van der Waals surface area (Å²) in [6.45, 7) is 0. The van der Waals surface area contributed by atoms with Crippen LogP contribution >= 0.6 is 0 Å². The SMILES string of the molecule is COc1cccc(C(=O)Cc2nccn2C)c1. The van der Waals surface area contributed by atoms with Crippen LogP contribution in [0.5, 0.6) is 5.75 Å². The molecular formula is C13H14N2O2. The molecule has 2 aromatic rings. The lowest BCUT2D eigenvalue weighted by molar-refractivity contribution is 0.0989. The van der Waals surface area contributed by atoms with Gasteiger partial charge < -0.3 is 9.30 Å². The summed E-state index contributed by atoms with van der Waals surface area (Å²) in [5, 5.41) is 0. The Morgan fingerprint density at radius 2 is 2.29 bits per heavy atom. The molecule has 0 spiro atoms. The Labute approximate surface area is 99.9 Å². The average Bonchev–Trinajstić information content (AvgIpc) is 2.75. The minimum Gasteiger partial charge on any atom is -0.497 e. The van der Waals surface area contributed by atoms with E-state index in [-0.39, 0.29) is 5.78 Å². The summed E-state index contributed by atoms with van der Waals surface area (Å²) in [7, 11) is 3.46. The van der Waals surface area contributed by atoms with Gasteiger partial charge in [-0.05, 0) is 12.1 Å². The monoisotopic (exact) mass is 230 g/mol. The van der Waals surface area contributed by atoms with Gasteiger partial charge >= 0.3 is 0 Å². The number of benzene rings is 1. The molecule has 0 bridgehead atoms. The van der Waals surface area contributed by atoms with Gasteiger partial charge in [-0.15, -0.1) is 0 Å². The van der Waals surface area contributed by atoms with E-state index in [9.17, 15) is 4.79 Å². The molecule has 0 saturated heterocycles. The summed E-state index contributed by atoms with van der Waals surface area (Å²) in [6, 6.07) is 7.15. The van der Waals surface area contributed by atoms with Crippen LogP contribution in [0.2, 0.25) is 0 Å². The number of carbonyl (C=O) groups excluding carboxylic acids is 1. The molecule has 17 heavy (non-hydrogen) atoms. The van der Waals surface area contributed by atoms with E-state index in [2.05, 4.69) is 4.98 Å². The second-order valence-corrected chi connectivity index (χ2v) is 3.79. The van der Waals surface area contributed by atoms with Gasteiger partial charge in [0.1, 0.15) is 11.6 Å². The number of hydrogen-bond donors (Lipinski definition) is 0. The Bertz CT molecular complexity index is 532. The zero-order valence-corrected chi connectivity index (χ0v) is 9.88. The van der Waals surface area contributed by atoms with E-state index in [0.29, 0.717) is 17.7 Å². The van der Waals surface area contributed by atoms with Crippen LogP contribution in [0.4, 0.5) is 0 Å². The number of ketones is 1. The fraction of sp³-hybridized carbons (Fsp3) is 0.231. The molecule has 4 nitrogen and oxygen atoms in total. The summed E-state index contributed by atoms with van der Waals surface area (Å²) < 4.78 is 6.94. The van der Waals surface area contributed by atoms with Crippen molar-refractivity contribution in [3.05, 3.63) is 48.0 Å². The van der Waals surface area contributed by atoms with E-state index in [4.69, 9.17) is 4.74 Å². The van der Waals surface area contributed by atoms with Crippen molar-refractivity contribution in [2.75, 3.05) is 7.11 Å². The van der Waals surface area contributed by atoms with Gasteiger partial charge in [0.25, 0.3) is 0 Å². The summed E-state index contributed by atoms with van der Waals surface area (Å²) in [5.74, 6) is 1.49. The number of aryl methyl sites for hydroxylation is 1. The molecule has 88 valence electrons. The average molecular weight is 230 g/mol. The highest BCUT2D eigenvalue weighted by atomic mass is 16.5. The van der Waals surface area contributed by atoms with Gasteiger partial charge in [-0.3, -0.25) is 4.79 Å². The third kappa shape index (κ3) is 2.53. The molecule has 0 aliphatic carbocycles. The van der Waals surface area contributed by atoms with Gasteiger partial charge in [0.15, 0.2) is 5.78 Å². The number of methoxy groups -OCH3 is 1. The Kier molecular flexibility index (Phi) is 3.23. The number of hydrogen-bond acceptors (Lipinski definition) is 3. The topological polar surface area (TPSA) is 44.1 Å². The quantitative estimate of drug-likeness (QED) is 0.753. The van der Waals surface area contributed by atoms with E-state index in [1.165, 1.54) is 0 Å². The summed E-state index contributed by atoms with van der Waals surface area (Å²) in [5.41, 5.74) is 0.646. The third-order valence-electron chi connectivity index (χ3n) is 2.63. The predicted molar refractivity (Wildman–Crippen MR) is 64.2 cm³/mol. The standard InChI is InChI=1S/C13H14N2O2/c1-15-7-6-14-13(15)9-12(16)10-4-3-5-11(8-10)17-2/h3-8H,9H2,1-2H3. The highest BCUT2D eigenvalue weighted by Crippen LogP contribution is 2.14. The highest BCUT2D eigenvalue weighted by Gasteiger charge is 2.10. The lowest BCUT2D eigenvalue weighted by atomic mass is 10.1. The normalized spacial score (nSPS) is 10.2. The van der Waals surface area contributed by atoms with Gasteiger partial charge in [0, 0.05) is 25.0 Å². The number of ether oxygens (including phenoxy) is 1. The zero-order chi connectivity index (χ0) is 12.3. The molecule has 0 radical (unpaired) electrons. The third-order valence-corrected chi connectivity index (χ3v) is 2.63. The Morgan fingerprint density at radius 1 is 1.47 bits per heavy atom. The van der Waals surface area contributed by atoms with E-state index in [0.717, 1.165) is 5.82 Å². The molecular weight excluding hydrogens is 216 g/mol. The molecule has 0 aliphatic rings. The molecule has 0 unspecified atom stereocenters. The molecule has 0 saturated carbocycles. The highest BCUT2D eigenvalue weighted by molar-refractivity contribution is 5.97. The number of carbonyl (C=O) groups is 1. The molecule has 0 aliphatic heterocycles. The van der Waals surface area contributed by atoms with Gasteiger partial charge in [0.2, 0.25) is 0 Å². The van der Waals surface area contributed by atoms with Crippen LogP contribution in [-0.2, 0) is 13.5 Å². The number of rotatable bonds is 4. The smallest absolute Gasteiger partial charge is 0.170 e.